The summed E-state index contributed by atoms with van der Waals surface area (Å²) in [7, 11) is 1.28. The van der Waals surface area contributed by atoms with E-state index in [1.54, 1.807) is 10.6 Å². The summed E-state index contributed by atoms with van der Waals surface area (Å²) in [6.45, 7) is 5.73. The molecule has 41 heavy (non-hydrogen) atoms. The van der Waals surface area contributed by atoms with Crippen LogP contribution in [0.1, 0.15) is 26.6 Å². The minimum atomic E-state index is -4.49. The molecule has 0 bridgehead atoms. The smallest absolute Gasteiger partial charge is 0.416 e. The summed E-state index contributed by atoms with van der Waals surface area (Å²) in [4.78, 5) is 26.5. The summed E-state index contributed by atoms with van der Waals surface area (Å²) in [5.41, 5.74) is 0.982. The summed E-state index contributed by atoms with van der Waals surface area (Å²) < 4.78 is 51.2. The van der Waals surface area contributed by atoms with Crippen LogP contribution < -0.4 is 10.1 Å². The highest BCUT2D eigenvalue weighted by atomic mass is 32.2. The highest BCUT2D eigenvalue weighted by Gasteiger charge is 2.30. The Labute approximate surface area is 242 Å². The number of methoxy groups -OCH3 is 1. The molecule has 2 heterocycles. The molecule has 0 radical (unpaired) electrons. The van der Waals surface area contributed by atoms with E-state index in [4.69, 9.17) is 9.47 Å². The fraction of sp³-hybridized carbons (Fsp3) is 0.214. The van der Waals surface area contributed by atoms with Gasteiger partial charge in [0.1, 0.15) is 22.9 Å². The van der Waals surface area contributed by atoms with Crippen molar-refractivity contribution in [1.82, 2.24) is 14.8 Å². The number of alkyl halides is 3. The number of thiophene rings is 1. The first kappa shape index (κ1) is 29.9. The highest BCUT2D eigenvalue weighted by Crippen LogP contribution is 2.40. The number of aryl methyl sites for hydroxylation is 1. The van der Waals surface area contributed by atoms with Gasteiger partial charge in [-0.1, -0.05) is 54.2 Å². The Balaban J connectivity index is 1.46. The number of carbonyl (C=O) groups excluding carboxylic acids is 2. The molecule has 13 heteroatoms. The molecule has 2 aromatic carbocycles. The Bertz CT molecular complexity index is 1550. The van der Waals surface area contributed by atoms with Crippen molar-refractivity contribution in [3.8, 4) is 16.9 Å². The van der Waals surface area contributed by atoms with E-state index in [1.165, 1.54) is 30.6 Å². The zero-order valence-corrected chi connectivity index (χ0v) is 23.7. The highest BCUT2D eigenvalue weighted by molar-refractivity contribution is 7.99. The van der Waals surface area contributed by atoms with Gasteiger partial charge in [-0.05, 0) is 30.7 Å². The van der Waals surface area contributed by atoms with E-state index in [0.29, 0.717) is 21.5 Å². The van der Waals surface area contributed by atoms with Crippen molar-refractivity contribution in [2.45, 2.75) is 31.4 Å². The van der Waals surface area contributed by atoms with Crippen LogP contribution in [0.5, 0.6) is 5.75 Å². The van der Waals surface area contributed by atoms with Crippen molar-refractivity contribution in [3.63, 3.8) is 0 Å². The number of anilines is 1. The molecule has 0 aliphatic carbocycles. The predicted octanol–water partition coefficient (Wildman–Crippen LogP) is 6.62. The van der Waals surface area contributed by atoms with Crippen LogP contribution in [0.2, 0.25) is 0 Å². The van der Waals surface area contributed by atoms with Gasteiger partial charge in [0.2, 0.25) is 5.91 Å². The van der Waals surface area contributed by atoms with E-state index in [9.17, 15) is 22.8 Å². The van der Waals surface area contributed by atoms with Crippen molar-refractivity contribution in [2.24, 2.45) is 0 Å². The van der Waals surface area contributed by atoms with Crippen LogP contribution in [-0.4, -0.2) is 39.5 Å². The first-order valence-electron chi connectivity index (χ1n) is 12.1. The minimum absolute atomic E-state index is 0.0316. The molecule has 0 saturated heterocycles. The van der Waals surface area contributed by atoms with Gasteiger partial charge in [-0.25, -0.2) is 4.79 Å². The Kier molecular flexibility index (Phi) is 9.50. The van der Waals surface area contributed by atoms with Gasteiger partial charge in [0, 0.05) is 17.0 Å². The summed E-state index contributed by atoms with van der Waals surface area (Å²) >= 11 is 2.38. The molecule has 0 atom stereocenters. The lowest BCUT2D eigenvalue weighted by molar-refractivity contribution is -0.137. The number of allylic oxidation sites excluding steroid dienone is 1. The van der Waals surface area contributed by atoms with Crippen LogP contribution in [0.3, 0.4) is 0 Å². The molecule has 4 aromatic rings. The quantitative estimate of drug-likeness (QED) is 0.117. The third kappa shape index (κ3) is 7.16. The molecule has 1 amide bonds. The number of halogens is 3. The van der Waals surface area contributed by atoms with E-state index in [-0.39, 0.29) is 36.1 Å². The Morgan fingerprint density at radius 1 is 1.15 bits per heavy atom. The molecule has 0 unspecified atom stereocenters. The first-order chi connectivity index (χ1) is 19.6. The second kappa shape index (κ2) is 13.0. The zero-order valence-electron chi connectivity index (χ0n) is 22.0. The lowest BCUT2D eigenvalue weighted by Crippen LogP contribution is -2.16. The molecule has 214 valence electrons. The van der Waals surface area contributed by atoms with Gasteiger partial charge in [0.25, 0.3) is 0 Å². The molecule has 1 N–H and O–H groups in total. The van der Waals surface area contributed by atoms with Gasteiger partial charge in [-0.2, -0.15) is 13.2 Å². The van der Waals surface area contributed by atoms with Gasteiger partial charge >= 0.3 is 12.1 Å². The van der Waals surface area contributed by atoms with E-state index < -0.39 is 17.7 Å². The number of nitrogens with one attached hydrogen (secondary N) is 1. The van der Waals surface area contributed by atoms with Crippen molar-refractivity contribution in [1.29, 1.82) is 0 Å². The third-order valence-electron chi connectivity index (χ3n) is 5.76. The number of amides is 1. The number of thioether (sulfide) groups is 1. The maximum absolute atomic E-state index is 13.0. The Hall–Kier alpha value is -4.10. The van der Waals surface area contributed by atoms with Crippen LogP contribution in [0.15, 0.2) is 72.4 Å². The van der Waals surface area contributed by atoms with Gasteiger partial charge < -0.3 is 14.8 Å². The number of hydrogen-bond acceptors (Lipinski definition) is 8. The molecule has 0 saturated carbocycles. The maximum atomic E-state index is 13.0. The fourth-order valence-corrected chi connectivity index (χ4v) is 5.78. The van der Waals surface area contributed by atoms with Crippen LogP contribution >= 0.6 is 23.1 Å². The van der Waals surface area contributed by atoms with Crippen molar-refractivity contribution >= 4 is 40.0 Å². The molecular weight excluding hydrogens is 577 g/mol. The second-order valence-electron chi connectivity index (χ2n) is 8.54. The molecule has 2 aromatic heterocycles. The summed E-state index contributed by atoms with van der Waals surface area (Å²) in [6.07, 6.45) is -2.89. The third-order valence-corrected chi connectivity index (χ3v) is 7.74. The number of nitrogens with zero attached hydrogens (tertiary/aromatic N) is 3. The van der Waals surface area contributed by atoms with Gasteiger partial charge in [0.05, 0.1) is 18.4 Å². The van der Waals surface area contributed by atoms with Crippen LogP contribution in [0, 0.1) is 6.92 Å². The van der Waals surface area contributed by atoms with Crippen LogP contribution in [-0.2, 0) is 28.9 Å². The average Bonchev–Trinajstić information content (AvgIpc) is 3.49. The Morgan fingerprint density at radius 2 is 1.90 bits per heavy atom. The van der Waals surface area contributed by atoms with Crippen LogP contribution in [0.4, 0.5) is 18.2 Å². The number of aromatic nitrogens is 3. The van der Waals surface area contributed by atoms with E-state index in [1.807, 2.05) is 37.3 Å². The normalized spacial score (nSPS) is 11.2. The average molecular weight is 603 g/mol. The SMILES string of the molecule is C=CCn1c(COc2cccc(C(F)(F)F)c2)nnc1SCC(=O)Nc1sc(C)c(-c2ccccc2)c1C(=O)OC. The van der Waals surface area contributed by atoms with Crippen molar-refractivity contribution < 1.29 is 32.2 Å². The monoisotopic (exact) mass is 602 g/mol. The van der Waals surface area contributed by atoms with Gasteiger partial charge in [0.15, 0.2) is 11.0 Å². The molecule has 0 fully saturated rings. The lowest BCUT2D eigenvalue weighted by atomic mass is 10.0. The standard InChI is InChI=1S/C28H25F3N4O4S2/c1-4-13-35-21(15-39-20-12-8-11-19(14-20)28(29,30)31)33-34-27(35)40-16-22(36)32-25-24(26(37)38-3)23(17(2)41-25)18-9-6-5-7-10-18/h4-12,14H,1,13,15-16H2,2-3H3,(H,32,36). The molecule has 0 aliphatic heterocycles. The van der Waals surface area contributed by atoms with Gasteiger partial charge in [-0.3, -0.25) is 9.36 Å². The topological polar surface area (TPSA) is 95.3 Å². The van der Waals surface area contributed by atoms with Crippen molar-refractivity contribution in [3.05, 3.63) is 89.1 Å². The summed E-state index contributed by atoms with van der Waals surface area (Å²) in [5.74, 6) is -0.617. The lowest BCUT2D eigenvalue weighted by Gasteiger charge is -2.11. The minimum Gasteiger partial charge on any atom is -0.486 e. The molecule has 4 rings (SSSR count). The number of benzene rings is 2. The number of carbonyl (C=O) groups is 2. The number of hydrogen-bond donors (Lipinski definition) is 1. The second-order valence-corrected chi connectivity index (χ2v) is 10.7. The first-order valence-corrected chi connectivity index (χ1v) is 13.9. The van der Waals surface area contributed by atoms with Crippen molar-refractivity contribution in [2.75, 3.05) is 18.2 Å². The fourth-order valence-electron chi connectivity index (χ4n) is 3.93. The van der Waals surface area contributed by atoms with E-state index in [2.05, 4.69) is 22.1 Å². The Morgan fingerprint density at radius 3 is 2.59 bits per heavy atom. The largest absolute Gasteiger partial charge is 0.486 e. The summed E-state index contributed by atoms with van der Waals surface area (Å²) in [6, 6.07) is 13.9. The van der Waals surface area contributed by atoms with E-state index >= 15 is 0 Å². The molecule has 0 spiro atoms. The van der Waals surface area contributed by atoms with E-state index in [0.717, 1.165) is 34.3 Å². The predicted molar refractivity (Wildman–Crippen MR) is 151 cm³/mol. The maximum Gasteiger partial charge on any atom is 0.416 e. The molecule has 8 nitrogen and oxygen atoms in total. The van der Waals surface area contributed by atoms with Gasteiger partial charge in [-0.15, -0.1) is 28.1 Å². The summed E-state index contributed by atoms with van der Waals surface area (Å²) in [5, 5.41) is 11.8. The molecule has 0 aliphatic rings. The zero-order chi connectivity index (χ0) is 29.6. The number of ether oxygens (including phenoxy) is 2. The van der Waals surface area contributed by atoms with Crippen LogP contribution in [0.25, 0.3) is 11.1 Å². The number of rotatable bonds is 11. The number of esters is 1. The molecular formula is C28H25F3N4O4S2.